The van der Waals surface area contributed by atoms with Crippen molar-refractivity contribution in [1.82, 2.24) is 10.2 Å². The lowest BCUT2D eigenvalue weighted by molar-refractivity contribution is 0.0668. The molecule has 2 N–H and O–H groups in total. The van der Waals surface area contributed by atoms with Gasteiger partial charge in [0.25, 0.3) is 0 Å². The van der Waals surface area contributed by atoms with E-state index >= 15 is 0 Å². The van der Waals surface area contributed by atoms with Crippen LogP contribution in [0.1, 0.15) is 57.9 Å². The Morgan fingerprint density at radius 1 is 1.21 bits per heavy atom. The van der Waals surface area contributed by atoms with Gasteiger partial charge in [0, 0.05) is 19.1 Å². The first-order chi connectivity index (χ1) is 13.5. The maximum atomic E-state index is 10.2. The Hall–Kier alpha value is -1.30. The molecule has 5 nitrogen and oxygen atoms in total. The number of benzene rings is 1. The summed E-state index contributed by atoms with van der Waals surface area (Å²) in [7, 11) is 3.65. The van der Waals surface area contributed by atoms with Gasteiger partial charge in [-0.25, -0.2) is 0 Å². The molecule has 1 atom stereocenters. The molecule has 0 radical (unpaired) electrons. The van der Waals surface area contributed by atoms with Crippen LogP contribution in [-0.4, -0.2) is 56.0 Å². The molecule has 0 saturated heterocycles. The molecule has 2 rings (SSSR count). The van der Waals surface area contributed by atoms with E-state index in [1.54, 1.807) is 7.11 Å². The first-order valence-corrected chi connectivity index (χ1v) is 10.9. The number of aliphatic hydroxyl groups excluding tert-OH is 1. The third-order valence-electron chi connectivity index (χ3n) is 5.81. The smallest absolute Gasteiger partial charge is 0.161 e. The van der Waals surface area contributed by atoms with Crippen LogP contribution >= 0.6 is 0 Å². The Morgan fingerprint density at radius 2 is 1.96 bits per heavy atom. The lowest BCUT2D eigenvalue weighted by atomic mass is 10.0. The summed E-state index contributed by atoms with van der Waals surface area (Å²) in [6, 6.07) is 6.42. The van der Waals surface area contributed by atoms with E-state index in [0.29, 0.717) is 24.1 Å². The van der Waals surface area contributed by atoms with Crippen molar-refractivity contribution in [3.63, 3.8) is 0 Å². The topological polar surface area (TPSA) is 54.0 Å². The summed E-state index contributed by atoms with van der Waals surface area (Å²) in [5, 5.41) is 13.8. The zero-order valence-corrected chi connectivity index (χ0v) is 18.2. The highest BCUT2D eigenvalue weighted by Crippen LogP contribution is 2.29. The number of hydrogen-bond donors (Lipinski definition) is 2. The molecule has 0 heterocycles. The highest BCUT2D eigenvalue weighted by atomic mass is 16.5. The maximum absolute atomic E-state index is 10.2. The molecule has 1 aliphatic rings. The number of nitrogens with zero attached hydrogens (tertiary/aromatic N) is 1. The average Bonchev–Trinajstić information content (AvgIpc) is 3.19. The molecule has 1 saturated carbocycles. The van der Waals surface area contributed by atoms with Gasteiger partial charge in [0.2, 0.25) is 0 Å². The Kier molecular flexibility index (Phi) is 10.1. The molecule has 160 valence electrons. The van der Waals surface area contributed by atoms with E-state index in [4.69, 9.17) is 9.47 Å². The Balaban J connectivity index is 1.76. The van der Waals surface area contributed by atoms with Gasteiger partial charge in [-0.05, 0) is 63.9 Å². The molecular weight excluding hydrogens is 352 g/mol. The van der Waals surface area contributed by atoms with Crippen molar-refractivity contribution < 1.29 is 14.6 Å². The van der Waals surface area contributed by atoms with Crippen molar-refractivity contribution in [2.75, 3.05) is 33.9 Å². The summed E-state index contributed by atoms with van der Waals surface area (Å²) in [5.74, 6) is 2.36. The largest absolute Gasteiger partial charge is 0.493 e. The van der Waals surface area contributed by atoms with E-state index in [1.165, 1.54) is 44.1 Å². The first kappa shape index (κ1) is 23.0. The van der Waals surface area contributed by atoms with Gasteiger partial charge in [-0.3, -0.25) is 0 Å². The highest BCUT2D eigenvalue weighted by molar-refractivity contribution is 5.43. The lowest BCUT2D eigenvalue weighted by Crippen LogP contribution is -2.37. The number of nitrogens with one attached hydrogen (secondary N) is 1. The minimum absolute atomic E-state index is 0.256. The molecule has 0 aliphatic heterocycles. The monoisotopic (exact) mass is 392 g/mol. The standard InChI is InChI=1S/C23H40N2O3/c1-18(2)25(3)16-21(26)17-28-23-14-20(11-12-22(23)27-4)15-24-13-7-10-19-8-5-6-9-19/h11-12,14,18-19,21,24,26H,5-10,13,15-17H2,1-4H3. The normalized spacial score (nSPS) is 16.1. The molecule has 0 amide bonds. The summed E-state index contributed by atoms with van der Waals surface area (Å²) >= 11 is 0. The van der Waals surface area contributed by atoms with Crippen LogP contribution in [0.5, 0.6) is 11.5 Å². The molecule has 1 unspecified atom stereocenters. The van der Waals surface area contributed by atoms with E-state index in [2.05, 4.69) is 30.1 Å². The van der Waals surface area contributed by atoms with Crippen LogP contribution in [0, 0.1) is 5.92 Å². The highest BCUT2D eigenvalue weighted by Gasteiger charge is 2.15. The maximum Gasteiger partial charge on any atom is 0.161 e. The number of methoxy groups -OCH3 is 1. The molecule has 1 fully saturated rings. The minimum Gasteiger partial charge on any atom is -0.493 e. The lowest BCUT2D eigenvalue weighted by Gasteiger charge is -2.24. The molecule has 5 heteroatoms. The predicted octanol–water partition coefficient (Wildman–Crippen LogP) is 3.84. The molecule has 1 aliphatic carbocycles. The second-order valence-corrected chi connectivity index (χ2v) is 8.45. The number of likely N-dealkylation sites (N-methyl/N-ethyl adjacent to an activating group) is 1. The molecule has 1 aromatic carbocycles. The number of hydrogen-bond acceptors (Lipinski definition) is 5. The van der Waals surface area contributed by atoms with E-state index in [9.17, 15) is 5.11 Å². The fraction of sp³-hybridized carbons (Fsp3) is 0.739. The zero-order valence-electron chi connectivity index (χ0n) is 18.2. The molecule has 0 aromatic heterocycles. The van der Waals surface area contributed by atoms with Crippen LogP contribution in [0.15, 0.2) is 18.2 Å². The fourth-order valence-electron chi connectivity index (χ4n) is 3.77. The van der Waals surface area contributed by atoms with Gasteiger partial charge in [0.05, 0.1) is 7.11 Å². The van der Waals surface area contributed by atoms with Gasteiger partial charge in [-0.15, -0.1) is 0 Å². The number of rotatable bonds is 13. The summed E-state index contributed by atoms with van der Waals surface area (Å²) < 4.78 is 11.3. The Morgan fingerprint density at radius 3 is 2.64 bits per heavy atom. The van der Waals surface area contributed by atoms with Crippen LogP contribution in [0.25, 0.3) is 0 Å². The van der Waals surface area contributed by atoms with E-state index in [0.717, 1.165) is 19.0 Å². The molecular formula is C23H40N2O3. The third-order valence-corrected chi connectivity index (χ3v) is 5.81. The van der Waals surface area contributed by atoms with Crippen molar-refractivity contribution in [3.05, 3.63) is 23.8 Å². The Labute approximate surface area is 171 Å². The molecule has 0 bridgehead atoms. The van der Waals surface area contributed by atoms with Gasteiger partial charge < -0.3 is 24.8 Å². The summed E-state index contributed by atoms with van der Waals surface area (Å²) in [4.78, 5) is 2.11. The predicted molar refractivity (Wildman–Crippen MR) is 115 cm³/mol. The molecule has 0 spiro atoms. The quantitative estimate of drug-likeness (QED) is 0.500. The summed E-state index contributed by atoms with van der Waals surface area (Å²) in [5.41, 5.74) is 1.17. The molecule has 1 aromatic rings. The van der Waals surface area contributed by atoms with Crippen molar-refractivity contribution in [2.45, 2.75) is 71.1 Å². The van der Waals surface area contributed by atoms with E-state index in [-0.39, 0.29) is 6.61 Å². The van der Waals surface area contributed by atoms with Gasteiger partial charge >= 0.3 is 0 Å². The van der Waals surface area contributed by atoms with Gasteiger partial charge in [0.15, 0.2) is 11.5 Å². The van der Waals surface area contributed by atoms with Crippen LogP contribution in [0.4, 0.5) is 0 Å². The minimum atomic E-state index is -0.533. The SMILES string of the molecule is COc1ccc(CNCCCC2CCCC2)cc1OCC(O)CN(C)C(C)C. The third kappa shape index (κ3) is 7.98. The second-order valence-electron chi connectivity index (χ2n) is 8.45. The summed E-state index contributed by atoms with van der Waals surface area (Å²) in [6.07, 6.45) is 7.78. The first-order valence-electron chi connectivity index (χ1n) is 10.9. The van der Waals surface area contributed by atoms with Crippen LogP contribution in [0.2, 0.25) is 0 Å². The number of aliphatic hydroxyl groups is 1. The van der Waals surface area contributed by atoms with Crippen molar-refractivity contribution >= 4 is 0 Å². The van der Waals surface area contributed by atoms with Gasteiger partial charge in [-0.1, -0.05) is 31.7 Å². The number of ether oxygens (including phenoxy) is 2. The Bertz CT molecular complexity index is 559. The van der Waals surface area contributed by atoms with Crippen LogP contribution < -0.4 is 14.8 Å². The zero-order chi connectivity index (χ0) is 20.4. The molecule has 28 heavy (non-hydrogen) atoms. The van der Waals surface area contributed by atoms with Crippen molar-refractivity contribution in [2.24, 2.45) is 5.92 Å². The van der Waals surface area contributed by atoms with E-state index in [1.807, 2.05) is 19.2 Å². The average molecular weight is 393 g/mol. The fourth-order valence-corrected chi connectivity index (χ4v) is 3.77. The summed E-state index contributed by atoms with van der Waals surface area (Å²) in [6.45, 7) is 6.94. The van der Waals surface area contributed by atoms with E-state index < -0.39 is 6.10 Å². The van der Waals surface area contributed by atoms with Crippen molar-refractivity contribution in [1.29, 1.82) is 0 Å². The van der Waals surface area contributed by atoms with Crippen LogP contribution in [-0.2, 0) is 6.54 Å². The van der Waals surface area contributed by atoms with Gasteiger partial charge in [-0.2, -0.15) is 0 Å². The second kappa shape index (κ2) is 12.3. The van der Waals surface area contributed by atoms with Gasteiger partial charge in [0.1, 0.15) is 12.7 Å². The van der Waals surface area contributed by atoms with Crippen LogP contribution in [0.3, 0.4) is 0 Å². The van der Waals surface area contributed by atoms with Crippen molar-refractivity contribution in [3.8, 4) is 11.5 Å².